The van der Waals surface area contributed by atoms with Crippen molar-refractivity contribution in [3.05, 3.63) is 24.2 Å². The lowest BCUT2D eigenvalue weighted by Crippen LogP contribution is -2.26. The Bertz CT molecular complexity index is 316. The molecule has 3 heteroatoms. The number of hydrogen-bond donors (Lipinski definition) is 1. The van der Waals surface area contributed by atoms with Crippen LogP contribution in [0.25, 0.3) is 0 Å². The van der Waals surface area contributed by atoms with Crippen LogP contribution in [-0.4, -0.2) is 12.4 Å². The molecule has 0 saturated carbocycles. The molecule has 0 bridgehead atoms. The average molecular weight is 206 g/mol. The molecule has 2 heterocycles. The molecule has 0 radical (unpaired) electrons. The first-order valence-corrected chi connectivity index (χ1v) is 5.69. The van der Waals surface area contributed by atoms with Crippen molar-refractivity contribution in [3.8, 4) is 0 Å². The van der Waals surface area contributed by atoms with E-state index in [2.05, 4.69) is 17.2 Å². The van der Waals surface area contributed by atoms with Gasteiger partial charge in [0, 0.05) is 13.0 Å². The topological polar surface area (TPSA) is 37.5 Å². The molecule has 1 N–H and O–H groups in total. The first-order valence-electron chi connectivity index (χ1n) is 5.69. The highest BCUT2D eigenvalue weighted by atomic mass is 16.3. The van der Waals surface area contributed by atoms with Crippen molar-refractivity contribution in [1.82, 2.24) is 5.32 Å². The molecule has 0 unspecified atom stereocenters. The summed E-state index contributed by atoms with van der Waals surface area (Å²) in [4.78, 5) is 4.54. The van der Waals surface area contributed by atoms with Crippen LogP contribution < -0.4 is 5.32 Å². The summed E-state index contributed by atoms with van der Waals surface area (Å²) in [6, 6.07) is 4.13. The second-order valence-corrected chi connectivity index (χ2v) is 4.02. The molecule has 0 saturated heterocycles. The van der Waals surface area contributed by atoms with E-state index in [-0.39, 0.29) is 6.04 Å². The van der Waals surface area contributed by atoms with Gasteiger partial charge in [0.25, 0.3) is 0 Å². The monoisotopic (exact) mass is 206 g/mol. The van der Waals surface area contributed by atoms with Gasteiger partial charge in [-0.05, 0) is 31.9 Å². The van der Waals surface area contributed by atoms with Crippen molar-refractivity contribution in [3.63, 3.8) is 0 Å². The van der Waals surface area contributed by atoms with Crippen molar-refractivity contribution in [1.29, 1.82) is 0 Å². The van der Waals surface area contributed by atoms with Gasteiger partial charge in [-0.3, -0.25) is 4.99 Å². The maximum atomic E-state index is 5.35. The number of nitrogens with zero attached hydrogens (tertiary/aromatic N) is 1. The zero-order valence-corrected chi connectivity index (χ0v) is 9.20. The molecule has 82 valence electrons. The van der Waals surface area contributed by atoms with Crippen LogP contribution in [-0.2, 0) is 0 Å². The maximum absolute atomic E-state index is 5.35. The molecular formula is C12H18N2O. The summed E-state index contributed by atoms with van der Waals surface area (Å²) in [6.45, 7) is 3.07. The zero-order chi connectivity index (χ0) is 10.5. The Kier molecular flexibility index (Phi) is 3.43. The Morgan fingerprint density at radius 1 is 1.40 bits per heavy atom. The Hall–Kier alpha value is -1.25. The molecule has 0 aromatic carbocycles. The summed E-state index contributed by atoms with van der Waals surface area (Å²) < 4.78 is 5.35. The lowest BCUT2D eigenvalue weighted by atomic mass is 10.2. The molecule has 0 aliphatic carbocycles. The molecule has 0 spiro atoms. The van der Waals surface area contributed by atoms with Crippen molar-refractivity contribution in [2.45, 2.75) is 38.6 Å². The van der Waals surface area contributed by atoms with Gasteiger partial charge in [-0.1, -0.05) is 6.42 Å². The van der Waals surface area contributed by atoms with Gasteiger partial charge < -0.3 is 9.73 Å². The van der Waals surface area contributed by atoms with E-state index in [0.29, 0.717) is 0 Å². The Morgan fingerprint density at radius 2 is 2.33 bits per heavy atom. The van der Waals surface area contributed by atoms with Crippen LogP contribution in [0.15, 0.2) is 27.8 Å². The number of rotatable bonds is 2. The first kappa shape index (κ1) is 10.3. The van der Waals surface area contributed by atoms with Crippen LogP contribution in [0.1, 0.15) is 44.4 Å². The van der Waals surface area contributed by atoms with Gasteiger partial charge in [0.1, 0.15) is 5.76 Å². The molecule has 0 fully saturated rings. The SMILES string of the molecule is C[C@H](NC1=NCCCCC1)c1ccco1. The fraction of sp³-hybridized carbons (Fsp3) is 0.583. The lowest BCUT2D eigenvalue weighted by Gasteiger charge is -2.14. The van der Waals surface area contributed by atoms with E-state index in [1.807, 2.05) is 12.1 Å². The number of nitrogens with one attached hydrogen (secondary N) is 1. The van der Waals surface area contributed by atoms with Crippen LogP contribution in [0, 0.1) is 0 Å². The molecular weight excluding hydrogens is 188 g/mol. The van der Waals surface area contributed by atoms with Crippen LogP contribution >= 0.6 is 0 Å². The molecule has 1 aromatic rings. The van der Waals surface area contributed by atoms with Crippen LogP contribution in [0.4, 0.5) is 0 Å². The predicted molar refractivity (Wildman–Crippen MR) is 61.0 cm³/mol. The summed E-state index contributed by atoms with van der Waals surface area (Å²) in [5.41, 5.74) is 0. The fourth-order valence-electron chi connectivity index (χ4n) is 1.85. The van der Waals surface area contributed by atoms with Gasteiger partial charge >= 0.3 is 0 Å². The van der Waals surface area contributed by atoms with Crippen molar-refractivity contribution < 1.29 is 4.42 Å². The molecule has 15 heavy (non-hydrogen) atoms. The molecule has 1 aromatic heterocycles. The van der Waals surface area contributed by atoms with Gasteiger partial charge in [0.05, 0.1) is 18.1 Å². The van der Waals surface area contributed by atoms with Crippen LogP contribution in [0.5, 0.6) is 0 Å². The number of hydrogen-bond acceptors (Lipinski definition) is 3. The van der Waals surface area contributed by atoms with Gasteiger partial charge in [-0.2, -0.15) is 0 Å². The highest BCUT2D eigenvalue weighted by Crippen LogP contribution is 2.14. The third kappa shape index (κ3) is 2.85. The summed E-state index contributed by atoms with van der Waals surface area (Å²) in [6.07, 6.45) is 6.55. The Balaban J connectivity index is 1.93. The quantitative estimate of drug-likeness (QED) is 0.807. The molecule has 2 rings (SSSR count). The summed E-state index contributed by atoms with van der Waals surface area (Å²) in [5.74, 6) is 2.11. The van der Waals surface area contributed by atoms with Gasteiger partial charge in [-0.15, -0.1) is 0 Å². The van der Waals surface area contributed by atoms with Gasteiger partial charge in [0.2, 0.25) is 0 Å². The normalized spacial score (nSPS) is 19.1. The predicted octanol–water partition coefficient (Wildman–Crippen LogP) is 2.90. The summed E-state index contributed by atoms with van der Waals surface area (Å²) in [5, 5.41) is 3.42. The molecule has 1 aliphatic heterocycles. The smallest absolute Gasteiger partial charge is 0.125 e. The van der Waals surface area contributed by atoms with E-state index >= 15 is 0 Å². The highest BCUT2D eigenvalue weighted by molar-refractivity contribution is 5.82. The summed E-state index contributed by atoms with van der Waals surface area (Å²) >= 11 is 0. The fourth-order valence-corrected chi connectivity index (χ4v) is 1.85. The van der Waals surface area contributed by atoms with E-state index in [9.17, 15) is 0 Å². The minimum absolute atomic E-state index is 0.219. The standard InChI is InChI=1S/C12H18N2O/c1-10(11-6-5-9-15-11)14-12-7-3-2-4-8-13-12/h5-6,9-10H,2-4,7-8H2,1H3,(H,13,14)/t10-/m0/s1. The second-order valence-electron chi connectivity index (χ2n) is 4.02. The first-order chi connectivity index (χ1) is 7.36. The minimum atomic E-state index is 0.219. The van der Waals surface area contributed by atoms with Crippen molar-refractivity contribution in [2.24, 2.45) is 4.99 Å². The van der Waals surface area contributed by atoms with E-state index in [1.165, 1.54) is 19.3 Å². The largest absolute Gasteiger partial charge is 0.467 e. The van der Waals surface area contributed by atoms with Crippen LogP contribution in [0.2, 0.25) is 0 Å². The number of furan rings is 1. The number of aliphatic imine (C=N–C) groups is 1. The van der Waals surface area contributed by atoms with Crippen molar-refractivity contribution >= 4 is 5.84 Å². The molecule has 0 amide bonds. The highest BCUT2D eigenvalue weighted by Gasteiger charge is 2.11. The van der Waals surface area contributed by atoms with Crippen molar-refractivity contribution in [2.75, 3.05) is 6.54 Å². The minimum Gasteiger partial charge on any atom is -0.467 e. The summed E-state index contributed by atoms with van der Waals surface area (Å²) in [7, 11) is 0. The van der Waals surface area contributed by atoms with E-state index in [4.69, 9.17) is 4.42 Å². The average Bonchev–Trinajstić information content (AvgIpc) is 2.65. The van der Waals surface area contributed by atoms with E-state index in [1.54, 1.807) is 6.26 Å². The third-order valence-electron chi connectivity index (χ3n) is 2.73. The third-order valence-corrected chi connectivity index (χ3v) is 2.73. The van der Waals surface area contributed by atoms with Crippen LogP contribution in [0.3, 0.4) is 0 Å². The van der Waals surface area contributed by atoms with E-state index < -0.39 is 0 Å². The van der Waals surface area contributed by atoms with E-state index in [0.717, 1.165) is 24.6 Å². The molecule has 1 aliphatic rings. The second kappa shape index (κ2) is 5.01. The zero-order valence-electron chi connectivity index (χ0n) is 9.20. The number of amidine groups is 1. The maximum Gasteiger partial charge on any atom is 0.125 e. The molecule has 1 atom stereocenters. The molecule has 3 nitrogen and oxygen atoms in total. The lowest BCUT2D eigenvalue weighted by molar-refractivity contribution is 0.461. The van der Waals surface area contributed by atoms with Gasteiger partial charge in [0.15, 0.2) is 0 Å². The Labute approximate surface area is 90.6 Å². The Morgan fingerprint density at radius 3 is 3.13 bits per heavy atom. The van der Waals surface area contributed by atoms with Gasteiger partial charge in [-0.25, -0.2) is 0 Å².